The molecule has 4 heteroatoms. The van der Waals surface area contributed by atoms with E-state index in [2.05, 4.69) is 35.0 Å². The Bertz CT molecular complexity index is 718. The van der Waals surface area contributed by atoms with E-state index in [9.17, 15) is 0 Å². The quantitative estimate of drug-likeness (QED) is 0.587. The zero-order valence-corrected chi connectivity index (χ0v) is 13.5. The Hall–Kier alpha value is -1.48. The third-order valence-corrected chi connectivity index (χ3v) is 4.84. The first kappa shape index (κ1) is 14.5. The zero-order valence-electron chi connectivity index (χ0n) is 11.1. The van der Waals surface area contributed by atoms with E-state index < -0.39 is 0 Å². The van der Waals surface area contributed by atoms with Crippen LogP contribution in [-0.4, -0.2) is 0 Å². The molecule has 0 aliphatic carbocycles. The van der Waals surface area contributed by atoms with Gasteiger partial charge in [0.25, 0.3) is 0 Å². The summed E-state index contributed by atoms with van der Waals surface area (Å²) in [5.74, 6) is 0. The van der Waals surface area contributed by atoms with Crippen LogP contribution in [-0.2, 0) is 6.54 Å². The van der Waals surface area contributed by atoms with Gasteiger partial charge >= 0.3 is 0 Å². The second-order valence-electron chi connectivity index (χ2n) is 4.58. The van der Waals surface area contributed by atoms with E-state index in [4.69, 9.17) is 23.2 Å². The van der Waals surface area contributed by atoms with E-state index in [1.165, 1.54) is 10.4 Å². The molecule has 1 heterocycles. The molecule has 3 aromatic rings. The molecule has 0 bridgehead atoms. The Kier molecular flexibility index (Phi) is 4.49. The number of anilines is 1. The number of benzene rings is 2. The van der Waals surface area contributed by atoms with Gasteiger partial charge in [0.05, 0.1) is 0 Å². The largest absolute Gasteiger partial charge is 0.380 e. The van der Waals surface area contributed by atoms with Crippen LogP contribution in [0.5, 0.6) is 0 Å². The van der Waals surface area contributed by atoms with Crippen molar-refractivity contribution in [2.24, 2.45) is 0 Å². The molecule has 0 atom stereocenters. The molecule has 1 aromatic heterocycles. The first-order chi connectivity index (χ1) is 10.3. The Labute approximate surface area is 138 Å². The lowest BCUT2D eigenvalue weighted by Crippen LogP contribution is -2.02. The summed E-state index contributed by atoms with van der Waals surface area (Å²) in [6.45, 7) is 0.598. The Morgan fingerprint density at radius 1 is 0.857 bits per heavy atom. The second kappa shape index (κ2) is 6.52. The maximum Gasteiger partial charge on any atom is 0.0470 e. The lowest BCUT2D eigenvalue weighted by Gasteiger charge is -2.13. The van der Waals surface area contributed by atoms with Crippen molar-refractivity contribution in [3.63, 3.8) is 0 Å². The highest BCUT2D eigenvalue weighted by Crippen LogP contribution is 2.32. The van der Waals surface area contributed by atoms with Gasteiger partial charge < -0.3 is 5.32 Å². The molecule has 1 nitrogen and oxygen atoms in total. The molecule has 21 heavy (non-hydrogen) atoms. The van der Waals surface area contributed by atoms with Crippen molar-refractivity contribution in [1.29, 1.82) is 0 Å². The summed E-state index contributed by atoms with van der Waals surface area (Å²) < 4.78 is 0. The third kappa shape index (κ3) is 3.24. The Balaban J connectivity index is 1.86. The first-order valence-electron chi connectivity index (χ1n) is 6.55. The summed E-state index contributed by atoms with van der Waals surface area (Å²) >= 11 is 14.2. The fraction of sp³-hybridized carbons (Fsp3) is 0.0588. The number of hydrogen-bond donors (Lipinski definition) is 1. The monoisotopic (exact) mass is 333 g/mol. The molecular formula is C17H13Cl2NS. The van der Waals surface area contributed by atoms with Crippen LogP contribution in [0.15, 0.2) is 60.0 Å². The van der Waals surface area contributed by atoms with Gasteiger partial charge in [-0.15, -0.1) is 11.3 Å². The average molecular weight is 334 g/mol. The lowest BCUT2D eigenvalue weighted by molar-refractivity contribution is 1.15. The van der Waals surface area contributed by atoms with Crippen molar-refractivity contribution < 1.29 is 0 Å². The summed E-state index contributed by atoms with van der Waals surface area (Å²) in [4.78, 5) is 1.24. The smallest absolute Gasteiger partial charge is 0.0470 e. The van der Waals surface area contributed by atoms with Gasteiger partial charge in [-0.1, -0.05) is 53.5 Å². The van der Waals surface area contributed by atoms with Gasteiger partial charge in [-0.05, 0) is 29.6 Å². The van der Waals surface area contributed by atoms with E-state index in [1.54, 1.807) is 11.3 Å². The molecule has 106 valence electrons. The molecule has 0 spiro atoms. The molecular weight excluding hydrogens is 321 g/mol. The minimum atomic E-state index is 0.598. The summed E-state index contributed by atoms with van der Waals surface area (Å²) in [7, 11) is 0. The van der Waals surface area contributed by atoms with Crippen LogP contribution in [0.4, 0.5) is 5.69 Å². The van der Waals surface area contributed by atoms with Crippen LogP contribution < -0.4 is 5.32 Å². The molecule has 0 radical (unpaired) electrons. The van der Waals surface area contributed by atoms with Crippen molar-refractivity contribution >= 4 is 40.2 Å². The van der Waals surface area contributed by atoms with Gasteiger partial charge in [-0.3, -0.25) is 0 Å². The van der Waals surface area contributed by atoms with E-state index in [-0.39, 0.29) is 0 Å². The lowest BCUT2D eigenvalue weighted by atomic mass is 10.1. The second-order valence-corrected chi connectivity index (χ2v) is 6.34. The van der Waals surface area contributed by atoms with Crippen LogP contribution in [0.3, 0.4) is 0 Å². The average Bonchev–Trinajstić information content (AvgIpc) is 3.01. The number of para-hydroxylation sites is 1. The van der Waals surface area contributed by atoms with Crippen molar-refractivity contribution in [3.8, 4) is 10.4 Å². The predicted molar refractivity (Wildman–Crippen MR) is 93.5 cm³/mol. The minimum absolute atomic E-state index is 0.598. The summed E-state index contributed by atoms with van der Waals surface area (Å²) in [5.41, 5.74) is 3.19. The summed E-state index contributed by atoms with van der Waals surface area (Å²) in [6, 6.07) is 18.0. The Morgan fingerprint density at radius 3 is 2.33 bits per heavy atom. The topological polar surface area (TPSA) is 12.0 Å². The van der Waals surface area contributed by atoms with E-state index in [1.807, 2.05) is 30.3 Å². The minimum Gasteiger partial charge on any atom is -0.380 e. The van der Waals surface area contributed by atoms with Gasteiger partial charge in [0.15, 0.2) is 0 Å². The zero-order chi connectivity index (χ0) is 14.7. The Morgan fingerprint density at radius 2 is 1.62 bits per heavy atom. The normalized spacial score (nSPS) is 10.6. The number of hydrogen-bond acceptors (Lipinski definition) is 2. The molecule has 0 aliphatic rings. The predicted octanol–water partition coefficient (Wildman–Crippen LogP) is 6.33. The number of halogens is 2. The molecule has 0 unspecified atom stereocenters. The highest BCUT2D eigenvalue weighted by Gasteiger charge is 2.08. The van der Waals surface area contributed by atoms with Crippen molar-refractivity contribution in [2.45, 2.75) is 6.54 Å². The van der Waals surface area contributed by atoms with E-state index in [0.29, 0.717) is 16.6 Å². The van der Waals surface area contributed by atoms with Gasteiger partial charge in [0.2, 0.25) is 0 Å². The summed E-state index contributed by atoms with van der Waals surface area (Å²) in [6.07, 6.45) is 0. The molecule has 0 amide bonds. The van der Waals surface area contributed by atoms with E-state index in [0.717, 1.165) is 11.3 Å². The van der Waals surface area contributed by atoms with Crippen LogP contribution in [0, 0.1) is 0 Å². The highest BCUT2D eigenvalue weighted by molar-refractivity contribution is 7.13. The molecule has 0 saturated heterocycles. The van der Waals surface area contributed by atoms with Gasteiger partial charge in [0.1, 0.15) is 0 Å². The number of nitrogens with one attached hydrogen (secondary N) is 1. The molecule has 2 aromatic carbocycles. The van der Waals surface area contributed by atoms with Gasteiger partial charge in [-0.25, -0.2) is 0 Å². The molecule has 0 fully saturated rings. The maximum atomic E-state index is 6.21. The van der Waals surface area contributed by atoms with Crippen LogP contribution in [0.25, 0.3) is 10.4 Å². The maximum absolute atomic E-state index is 6.21. The molecule has 3 rings (SSSR count). The van der Waals surface area contributed by atoms with Gasteiger partial charge in [-0.2, -0.15) is 0 Å². The van der Waals surface area contributed by atoms with Gasteiger partial charge in [0, 0.05) is 38.3 Å². The van der Waals surface area contributed by atoms with Crippen LogP contribution in [0.1, 0.15) is 5.56 Å². The first-order valence-corrected chi connectivity index (χ1v) is 8.19. The standard InChI is InChI=1S/C17H13Cl2NS/c18-14-6-3-7-15(19)13(14)11-20-16-8-2-1-5-12(16)17-9-4-10-21-17/h1-10,20H,11H2. The SMILES string of the molecule is Clc1cccc(Cl)c1CNc1ccccc1-c1cccs1. The molecule has 0 saturated carbocycles. The fourth-order valence-electron chi connectivity index (χ4n) is 2.17. The van der Waals surface area contributed by atoms with Crippen LogP contribution >= 0.6 is 34.5 Å². The van der Waals surface area contributed by atoms with E-state index >= 15 is 0 Å². The van der Waals surface area contributed by atoms with Crippen molar-refractivity contribution in [1.82, 2.24) is 0 Å². The van der Waals surface area contributed by atoms with Crippen molar-refractivity contribution in [2.75, 3.05) is 5.32 Å². The highest BCUT2D eigenvalue weighted by atomic mass is 35.5. The summed E-state index contributed by atoms with van der Waals surface area (Å²) in [5, 5.41) is 6.89. The van der Waals surface area contributed by atoms with Crippen LogP contribution in [0.2, 0.25) is 10.0 Å². The number of rotatable bonds is 4. The van der Waals surface area contributed by atoms with Crippen molar-refractivity contribution in [3.05, 3.63) is 75.6 Å². The number of thiophene rings is 1. The molecule has 0 aliphatic heterocycles. The molecule has 1 N–H and O–H groups in total. The third-order valence-electron chi connectivity index (χ3n) is 3.23. The fourth-order valence-corrected chi connectivity index (χ4v) is 3.47.